The number of nitrogens with two attached hydrogens (primary N) is 1. The Morgan fingerprint density at radius 1 is 1.10 bits per heavy atom. The van der Waals surface area contributed by atoms with Crippen molar-refractivity contribution in [2.24, 2.45) is 5.73 Å². The molecule has 0 radical (unpaired) electrons. The van der Waals surface area contributed by atoms with E-state index in [2.05, 4.69) is 0 Å². The van der Waals surface area contributed by atoms with Crippen molar-refractivity contribution in [2.75, 3.05) is 20.3 Å². The molecule has 0 bridgehead atoms. The smallest absolute Gasteiger partial charge is 0.166 e. The average Bonchev–Trinajstić information content (AvgIpc) is 2.54. The van der Waals surface area contributed by atoms with Gasteiger partial charge in [0.2, 0.25) is 0 Å². The molecule has 1 aliphatic heterocycles. The number of methoxy groups -OCH3 is 1. The molecule has 0 saturated carbocycles. The first kappa shape index (κ1) is 13.8. The molecule has 4 nitrogen and oxygen atoms in total. The lowest BCUT2D eigenvalue weighted by molar-refractivity contribution is 0.169. The van der Waals surface area contributed by atoms with Gasteiger partial charge in [-0.3, -0.25) is 0 Å². The van der Waals surface area contributed by atoms with Crippen molar-refractivity contribution >= 4 is 0 Å². The van der Waals surface area contributed by atoms with Gasteiger partial charge in [0, 0.05) is 11.6 Å². The van der Waals surface area contributed by atoms with Crippen LogP contribution in [0.1, 0.15) is 17.2 Å². The molecule has 3 rings (SSSR count). The molecule has 110 valence electrons. The Hall–Kier alpha value is -2.20. The van der Waals surface area contributed by atoms with Crippen LogP contribution in [0.3, 0.4) is 0 Å². The number of rotatable bonds is 4. The maximum absolute atomic E-state index is 6.38. The van der Waals surface area contributed by atoms with Gasteiger partial charge in [0.25, 0.3) is 0 Å². The zero-order chi connectivity index (χ0) is 14.7. The number of ether oxygens (including phenoxy) is 3. The molecule has 4 heteroatoms. The number of hydrogen-bond donors (Lipinski definition) is 1. The third kappa shape index (κ3) is 2.81. The first-order valence-corrected chi connectivity index (χ1v) is 7.05. The largest absolute Gasteiger partial charge is 0.496 e. The molecule has 1 unspecified atom stereocenters. The molecule has 1 heterocycles. The zero-order valence-electron chi connectivity index (χ0n) is 12.0. The molecule has 0 saturated heterocycles. The predicted molar refractivity (Wildman–Crippen MR) is 81.1 cm³/mol. The van der Waals surface area contributed by atoms with Gasteiger partial charge in [-0.1, -0.05) is 30.3 Å². The summed E-state index contributed by atoms with van der Waals surface area (Å²) >= 11 is 0. The normalized spacial score (nSPS) is 14.6. The highest BCUT2D eigenvalue weighted by Gasteiger charge is 2.20. The van der Waals surface area contributed by atoms with Crippen LogP contribution in [0.2, 0.25) is 0 Å². The first-order valence-electron chi connectivity index (χ1n) is 7.05. The van der Waals surface area contributed by atoms with Crippen LogP contribution in [-0.2, 0) is 6.42 Å². The quantitative estimate of drug-likeness (QED) is 0.938. The summed E-state index contributed by atoms with van der Waals surface area (Å²) in [6, 6.07) is 13.6. The van der Waals surface area contributed by atoms with Crippen molar-refractivity contribution in [1.82, 2.24) is 0 Å². The van der Waals surface area contributed by atoms with Crippen LogP contribution < -0.4 is 19.9 Å². The van der Waals surface area contributed by atoms with Gasteiger partial charge in [-0.2, -0.15) is 0 Å². The molecule has 0 amide bonds. The Balaban J connectivity index is 1.87. The third-order valence-electron chi connectivity index (χ3n) is 3.63. The van der Waals surface area contributed by atoms with Gasteiger partial charge in [0.05, 0.1) is 7.11 Å². The molecular weight excluding hydrogens is 266 g/mol. The van der Waals surface area contributed by atoms with Gasteiger partial charge in [-0.15, -0.1) is 0 Å². The number of fused-ring (bicyclic) bond motifs is 1. The van der Waals surface area contributed by atoms with E-state index >= 15 is 0 Å². The van der Waals surface area contributed by atoms with Gasteiger partial charge in [-0.05, 0) is 24.1 Å². The number of hydrogen-bond acceptors (Lipinski definition) is 4. The fourth-order valence-electron chi connectivity index (χ4n) is 2.61. The Kier molecular flexibility index (Phi) is 3.97. The lowest BCUT2D eigenvalue weighted by Gasteiger charge is -2.23. The second kappa shape index (κ2) is 6.06. The van der Waals surface area contributed by atoms with Gasteiger partial charge in [-0.25, -0.2) is 0 Å². The number of benzene rings is 2. The highest BCUT2D eigenvalue weighted by atomic mass is 16.6. The third-order valence-corrected chi connectivity index (χ3v) is 3.63. The highest BCUT2D eigenvalue weighted by Crippen LogP contribution is 2.37. The van der Waals surface area contributed by atoms with Crippen molar-refractivity contribution in [1.29, 1.82) is 0 Å². The van der Waals surface area contributed by atoms with Crippen molar-refractivity contribution in [3.63, 3.8) is 0 Å². The molecule has 1 atom stereocenters. The average molecular weight is 285 g/mol. The monoisotopic (exact) mass is 285 g/mol. The standard InChI is InChI=1S/C17H19NO3/c1-19-15-7-3-2-5-12(15)11-14(18)13-6-4-8-16-17(13)21-10-9-20-16/h2-8,14H,9-11,18H2,1H3. The molecular formula is C17H19NO3. The van der Waals surface area contributed by atoms with Gasteiger partial charge in [0.1, 0.15) is 19.0 Å². The van der Waals surface area contributed by atoms with Crippen LogP contribution in [0.4, 0.5) is 0 Å². The molecule has 1 aliphatic rings. The van der Waals surface area contributed by atoms with Crippen LogP contribution in [-0.4, -0.2) is 20.3 Å². The van der Waals surface area contributed by atoms with Crippen LogP contribution in [0.5, 0.6) is 17.2 Å². The molecule has 0 spiro atoms. The summed E-state index contributed by atoms with van der Waals surface area (Å²) < 4.78 is 16.7. The van der Waals surface area contributed by atoms with E-state index in [1.54, 1.807) is 7.11 Å². The highest BCUT2D eigenvalue weighted by molar-refractivity contribution is 5.49. The molecule has 2 aromatic rings. The Bertz CT molecular complexity index is 627. The lowest BCUT2D eigenvalue weighted by Crippen LogP contribution is -2.20. The van der Waals surface area contributed by atoms with E-state index in [1.165, 1.54) is 0 Å². The second-order valence-electron chi connectivity index (χ2n) is 4.99. The van der Waals surface area contributed by atoms with Crippen molar-refractivity contribution in [3.05, 3.63) is 53.6 Å². The number of para-hydroxylation sites is 2. The molecule has 0 aromatic heterocycles. The Labute approximate surface area is 124 Å². The molecule has 2 aromatic carbocycles. The van der Waals surface area contributed by atoms with Crippen LogP contribution >= 0.6 is 0 Å². The predicted octanol–water partition coefficient (Wildman–Crippen LogP) is 2.71. The summed E-state index contributed by atoms with van der Waals surface area (Å²) in [5.74, 6) is 2.40. The minimum atomic E-state index is -0.169. The van der Waals surface area contributed by atoms with Gasteiger partial charge >= 0.3 is 0 Å². The minimum Gasteiger partial charge on any atom is -0.496 e. The topological polar surface area (TPSA) is 53.7 Å². The van der Waals surface area contributed by atoms with E-state index < -0.39 is 0 Å². The van der Waals surface area contributed by atoms with E-state index in [9.17, 15) is 0 Å². The summed E-state index contributed by atoms with van der Waals surface area (Å²) in [4.78, 5) is 0. The van der Waals surface area contributed by atoms with E-state index in [1.807, 2.05) is 42.5 Å². The summed E-state index contributed by atoms with van der Waals surface area (Å²) in [7, 11) is 1.67. The molecule has 21 heavy (non-hydrogen) atoms. The van der Waals surface area contributed by atoms with Gasteiger partial charge < -0.3 is 19.9 Å². The van der Waals surface area contributed by atoms with E-state index in [-0.39, 0.29) is 6.04 Å². The molecule has 2 N–H and O–H groups in total. The van der Waals surface area contributed by atoms with Crippen molar-refractivity contribution in [2.45, 2.75) is 12.5 Å². The first-order chi connectivity index (χ1) is 10.3. The van der Waals surface area contributed by atoms with Crippen molar-refractivity contribution in [3.8, 4) is 17.2 Å². The Morgan fingerprint density at radius 2 is 1.90 bits per heavy atom. The van der Waals surface area contributed by atoms with E-state index in [0.717, 1.165) is 28.4 Å². The van der Waals surface area contributed by atoms with Crippen LogP contribution in [0.25, 0.3) is 0 Å². The minimum absolute atomic E-state index is 0.169. The zero-order valence-corrected chi connectivity index (χ0v) is 12.0. The maximum atomic E-state index is 6.38. The Morgan fingerprint density at radius 3 is 2.76 bits per heavy atom. The lowest BCUT2D eigenvalue weighted by atomic mass is 9.98. The van der Waals surface area contributed by atoms with E-state index in [0.29, 0.717) is 19.6 Å². The summed E-state index contributed by atoms with van der Waals surface area (Å²) in [5.41, 5.74) is 8.44. The second-order valence-corrected chi connectivity index (χ2v) is 4.99. The summed E-state index contributed by atoms with van der Waals surface area (Å²) in [6.07, 6.45) is 0.684. The van der Waals surface area contributed by atoms with Crippen molar-refractivity contribution < 1.29 is 14.2 Å². The maximum Gasteiger partial charge on any atom is 0.166 e. The molecule has 0 aliphatic carbocycles. The fraction of sp³-hybridized carbons (Fsp3) is 0.294. The fourth-order valence-corrected chi connectivity index (χ4v) is 2.61. The van der Waals surface area contributed by atoms with Crippen LogP contribution in [0.15, 0.2) is 42.5 Å². The van der Waals surface area contributed by atoms with Crippen LogP contribution in [0, 0.1) is 0 Å². The SMILES string of the molecule is COc1ccccc1CC(N)c1cccc2c1OCCO2. The molecule has 0 fully saturated rings. The van der Waals surface area contributed by atoms with E-state index in [4.69, 9.17) is 19.9 Å². The van der Waals surface area contributed by atoms with Gasteiger partial charge in [0.15, 0.2) is 11.5 Å². The summed E-state index contributed by atoms with van der Waals surface area (Å²) in [5, 5.41) is 0. The summed E-state index contributed by atoms with van der Waals surface area (Å²) in [6.45, 7) is 1.14.